The lowest BCUT2D eigenvalue weighted by Crippen LogP contribution is -2.10. The van der Waals surface area contributed by atoms with Gasteiger partial charge in [-0.1, -0.05) is 18.2 Å². The van der Waals surface area contributed by atoms with Crippen molar-refractivity contribution in [2.75, 3.05) is 30.9 Å². The zero-order valence-electron chi connectivity index (χ0n) is 13.1. The number of hydrogen-bond acceptors (Lipinski definition) is 7. The first kappa shape index (κ1) is 16.6. The number of ether oxygens (including phenoxy) is 1. The first-order valence-corrected chi connectivity index (χ1v) is 7.18. The number of benzene rings is 1. The average molecular weight is 317 g/mol. The number of rotatable bonds is 8. The van der Waals surface area contributed by atoms with E-state index in [0.29, 0.717) is 13.2 Å². The van der Waals surface area contributed by atoms with E-state index in [0.717, 1.165) is 17.7 Å². The fourth-order valence-corrected chi connectivity index (χ4v) is 2.04. The third kappa shape index (κ3) is 4.36. The molecule has 2 rings (SSSR count). The zero-order chi connectivity index (χ0) is 16.7. The van der Waals surface area contributed by atoms with Crippen molar-refractivity contribution in [3.8, 4) is 0 Å². The Morgan fingerprint density at radius 1 is 1.26 bits per heavy atom. The van der Waals surface area contributed by atoms with Crippen LogP contribution in [0.5, 0.6) is 0 Å². The minimum atomic E-state index is -0.487. The van der Waals surface area contributed by atoms with E-state index in [9.17, 15) is 10.1 Å². The lowest BCUT2D eigenvalue weighted by Gasteiger charge is -2.11. The Morgan fingerprint density at radius 3 is 2.70 bits per heavy atom. The Balaban J connectivity index is 2.25. The van der Waals surface area contributed by atoms with Gasteiger partial charge in [-0.05, 0) is 25.0 Å². The lowest BCUT2D eigenvalue weighted by molar-refractivity contribution is -0.383. The Morgan fingerprint density at radius 2 is 2.00 bits per heavy atom. The molecule has 0 radical (unpaired) electrons. The molecule has 0 aliphatic carbocycles. The predicted molar refractivity (Wildman–Crippen MR) is 88.1 cm³/mol. The van der Waals surface area contributed by atoms with E-state index in [-0.39, 0.29) is 17.3 Å². The van der Waals surface area contributed by atoms with E-state index in [2.05, 4.69) is 20.6 Å². The molecule has 122 valence electrons. The monoisotopic (exact) mass is 317 g/mol. The standard InChI is InChI=1S/C15H19N5O3/c1-11-6-3-4-7-12(11)19-15-13(20(21)22)14(17-10-18-15)16-8-5-9-23-2/h3-4,6-7,10H,5,8-9H2,1-2H3,(H2,16,17,18,19). The maximum Gasteiger partial charge on any atom is 0.353 e. The molecule has 0 saturated heterocycles. The smallest absolute Gasteiger partial charge is 0.353 e. The fraction of sp³-hybridized carbons (Fsp3) is 0.333. The van der Waals surface area contributed by atoms with E-state index in [1.807, 2.05) is 31.2 Å². The third-order valence-electron chi connectivity index (χ3n) is 3.22. The average Bonchev–Trinajstić information content (AvgIpc) is 2.53. The first-order chi connectivity index (χ1) is 11.1. The number of methoxy groups -OCH3 is 1. The normalized spacial score (nSPS) is 10.3. The molecule has 23 heavy (non-hydrogen) atoms. The summed E-state index contributed by atoms with van der Waals surface area (Å²) in [5.41, 5.74) is 1.56. The van der Waals surface area contributed by atoms with E-state index in [4.69, 9.17) is 4.74 Å². The minimum absolute atomic E-state index is 0.161. The number of nitrogens with one attached hydrogen (secondary N) is 2. The van der Waals surface area contributed by atoms with Gasteiger partial charge in [0.25, 0.3) is 0 Å². The van der Waals surface area contributed by atoms with Crippen LogP contribution in [-0.2, 0) is 4.74 Å². The highest BCUT2D eigenvalue weighted by Crippen LogP contribution is 2.31. The van der Waals surface area contributed by atoms with Crippen molar-refractivity contribution in [3.05, 3.63) is 46.3 Å². The Kier molecular flexibility index (Phi) is 5.81. The van der Waals surface area contributed by atoms with E-state index in [1.165, 1.54) is 6.33 Å². The van der Waals surface area contributed by atoms with Gasteiger partial charge in [0, 0.05) is 25.9 Å². The molecule has 0 spiro atoms. The predicted octanol–water partition coefficient (Wildman–Crippen LogP) is 2.89. The highest BCUT2D eigenvalue weighted by atomic mass is 16.6. The van der Waals surface area contributed by atoms with E-state index >= 15 is 0 Å². The van der Waals surface area contributed by atoms with Crippen LogP contribution in [0, 0.1) is 17.0 Å². The Labute approximate surface area is 134 Å². The summed E-state index contributed by atoms with van der Waals surface area (Å²) in [7, 11) is 1.61. The number of nitrogens with zero attached hydrogens (tertiary/aromatic N) is 3. The van der Waals surface area contributed by atoms with Crippen LogP contribution in [0.3, 0.4) is 0 Å². The topological polar surface area (TPSA) is 102 Å². The molecule has 1 aromatic carbocycles. The van der Waals surface area contributed by atoms with Crippen LogP contribution in [0.1, 0.15) is 12.0 Å². The van der Waals surface area contributed by atoms with Gasteiger partial charge in [-0.2, -0.15) is 0 Å². The van der Waals surface area contributed by atoms with Gasteiger partial charge in [-0.25, -0.2) is 9.97 Å². The molecule has 0 saturated carbocycles. The molecule has 2 aromatic rings. The number of hydrogen-bond donors (Lipinski definition) is 2. The SMILES string of the molecule is COCCCNc1ncnc(Nc2ccccc2C)c1[N+](=O)[O-]. The summed E-state index contributed by atoms with van der Waals surface area (Å²) in [6, 6.07) is 7.51. The number of aryl methyl sites for hydroxylation is 1. The van der Waals surface area contributed by atoms with Crippen LogP contribution in [0.15, 0.2) is 30.6 Å². The number of anilines is 3. The highest BCUT2D eigenvalue weighted by Gasteiger charge is 2.23. The van der Waals surface area contributed by atoms with Gasteiger partial charge in [-0.15, -0.1) is 0 Å². The molecule has 0 amide bonds. The van der Waals surface area contributed by atoms with Crippen LogP contribution in [-0.4, -0.2) is 35.2 Å². The zero-order valence-corrected chi connectivity index (χ0v) is 13.1. The van der Waals surface area contributed by atoms with Gasteiger partial charge in [0.1, 0.15) is 6.33 Å². The van der Waals surface area contributed by atoms with Gasteiger partial charge in [0.2, 0.25) is 11.6 Å². The molecular formula is C15H19N5O3. The van der Waals surface area contributed by atoms with Crippen LogP contribution in [0.2, 0.25) is 0 Å². The molecule has 1 aromatic heterocycles. The van der Waals surface area contributed by atoms with Gasteiger partial charge < -0.3 is 15.4 Å². The quantitative estimate of drug-likeness (QED) is 0.438. The number of nitro groups is 1. The molecule has 1 heterocycles. The number of aromatic nitrogens is 2. The van der Waals surface area contributed by atoms with Crippen molar-refractivity contribution in [2.45, 2.75) is 13.3 Å². The van der Waals surface area contributed by atoms with E-state index in [1.54, 1.807) is 7.11 Å². The first-order valence-electron chi connectivity index (χ1n) is 7.18. The molecule has 2 N–H and O–H groups in total. The molecule has 0 aliphatic rings. The number of para-hydroxylation sites is 1. The van der Waals surface area contributed by atoms with Crippen molar-refractivity contribution in [3.63, 3.8) is 0 Å². The van der Waals surface area contributed by atoms with Crippen molar-refractivity contribution >= 4 is 23.0 Å². The third-order valence-corrected chi connectivity index (χ3v) is 3.22. The van der Waals surface area contributed by atoms with Crippen LogP contribution in [0.25, 0.3) is 0 Å². The molecule has 0 aliphatic heterocycles. The lowest BCUT2D eigenvalue weighted by atomic mass is 10.2. The summed E-state index contributed by atoms with van der Waals surface area (Å²) in [6.45, 7) is 3.01. The summed E-state index contributed by atoms with van der Waals surface area (Å²) in [6.07, 6.45) is 2.02. The summed E-state index contributed by atoms with van der Waals surface area (Å²) in [4.78, 5) is 18.9. The van der Waals surface area contributed by atoms with Crippen molar-refractivity contribution in [1.82, 2.24) is 9.97 Å². The minimum Gasteiger partial charge on any atom is -0.385 e. The second-order valence-electron chi connectivity index (χ2n) is 4.89. The Hall–Kier alpha value is -2.74. The second kappa shape index (κ2) is 8.04. The summed E-state index contributed by atoms with van der Waals surface area (Å²) < 4.78 is 4.95. The van der Waals surface area contributed by atoms with Gasteiger partial charge >= 0.3 is 5.69 Å². The maximum atomic E-state index is 11.4. The van der Waals surface area contributed by atoms with Crippen LogP contribution >= 0.6 is 0 Å². The van der Waals surface area contributed by atoms with Gasteiger partial charge in [-0.3, -0.25) is 10.1 Å². The molecule has 0 fully saturated rings. The molecule has 8 heteroatoms. The highest BCUT2D eigenvalue weighted by molar-refractivity contribution is 5.74. The van der Waals surface area contributed by atoms with Crippen LogP contribution < -0.4 is 10.6 Å². The molecule has 0 bridgehead atoms. The molecule has 8 nitrogen and oxygen atoms in total. The van der Waals surface area contributed by atoms with Crippen molar-refractivity contribution < 1.29 is 9.66 Å². The van der Waals surface area contributed by atoms with Gasteiger partial charge in [0.15, 0.2) is 0 Å². The molecular weight excluding hydrogens is 298 g/mol. The van der Waals surface area contributed by atoms with Gasteiger partial charge in [0.05, 0.1) is 4.92 Å². The fourth-order valence-electron chi connectivity index (χ4n) is 2.04. The van der Waals surface area contributed by atoms with Crippen LogP contribution in [0.4, 0.5) is 23.0 Å². The summed E-state index contributed by atoms with van der Waals surface area (Å²) in [5, 5.41) is 17.4. The largest absolute Gasteiger partial charge is 0.385 e. The second-order valence-corrected chi connectivity index (χ2v) is 4.89. The van der Waals surface area contributed by atoms with Crippen molar-refractivity contribution in [1.29, 1.82) is 0 Å². The summed E-state index contributed by atoms with van der Waals surface area (Å²) >= 11 is 0. The summed E-state index contributed by atoms with van der Waals surface area (Å²) in [5.74, 6) is 0.353. The molecule has 0 unspecified atom stereocenters. The maximum absolute atomic E-state index is 11.4. The Bertz CT molecular complexity index is 678. The van der Waals surface area contributed by atoms with E-state index < -0.39 is 4.92 Å². The van der Waals surface area contributed by atoms with Crippen molar-refractivity contribution in [2.24, 2.45) is 0 Å². The molecule has 0 atom stereocenters.